The van der Waals surface area contributed by atoms with Crippen molar-refractivity contribution in [3.05, 3.63) is 95.1 Å². The monoisotopic (exact) mass is 445 g/mol. The topological polar surface area (TPSA) is 47.6 Å². The number of benzene rings is 3. The van der Waals surface area contributed by atoms with Crippen molar-refractivity contribution < 1.29 is 14.3 Å². The SMILES string of the molecule is CCOc1ccc(C(=O)N[C@@H](C)CCc2ccccc2)cc1COc1ccccc1C(C)C. The van der Waals surface area contributed by atoms with Crippen molar-refractivity contribution in [1.82, 2.24) is 5.32 Å². The number of para-hydroxylation sites is 1. The Bertz CT molecular complexity index is 1030. The lowest BCUT2D eigenvalue weighted by molar-refractivity contribution is 0.0938. The van der Waals surface area contributed by atoms with E-state index in [2.05, 4.69) is 37.4 Å². The molecule has 3 rings (SSSR count). The van der Waals surface area contributed by atoms with Crippen LogP contribution in [-0.4, -0.2) is 18.6 Å². The van der Waals surface area contributed by atoms with Crippen molar-refractivity contribution in [1.29, 1.82) is 0 Å². The summed E-state index contributed by atoms with van der Waals surface area (Å²) in [6.45, 7) is 9.19. The maximum Gasteiger partial charge on any atom is 0.251 e. The Kier molecular flexibility index (Phi) is 8.94. The summed E-state index contributed by atoms with van der Waals surface area (Å²) in [4.78, 5) is 12.9. The molecule has 0 aromatic heterocycles. The van der Waals surface area contributed by atoms with Gasteiger partial charge in [0.05, 0.1) is 6.61 Å². The van der Waals surface area contributed by atoms with Gasteiger partial charge >= 0.3 is 0 Å². The Morgan fingerprint density at radius 2 is 1.61 bits per heavy atom. The summed E-state index contributed by atoms with van der Waals surface area (Å²) in [6, 6.07) is 24.0. The molecule has 3 aromatic rings. The minimum Gasteiger partial charge on any atom is -0.493 e. The van der Waals surface area contributed by atoms with Gasteiger partial charge in [-0.1, -0.05) is 62.4 Å². The third kappa shape index (κ3) is 7.11. The molecule has 0 spiro atoms. The highest BCUT2D eigenvalue weighted by Gasteiger charge is 2.15. The molecule has 0 bridgehead atoms. The van der Waals surface area contributed by atoms with Gasteiger partial charge in [0.1, 0.15) is 18.1 Å². The largest absolute Gasteiger partial charge is 0.493 e. The van der Waals surface area contributed by atoms with Gasteiger partial charge < -0.3 is 14.8 Å². The molecule has 0 saturated carbocycles. The second-order valence-electron chi connectivity index (χ2n) is 8.64. The fourth-order valence-corrected chi connectivity index (χ4v) is 3.78. The van der Waals surface area contributed by atoms with E-state index in [-0.39, 0.29) is 11.9 Å². The predicted octanol–water partition coefficient (Wildman–Crippen LogP) is 6.54. The fourth-order valence-electron chi connectivity index (χ4n) is 3.78. The maximum absolute atomic E-state index is 12.9. The third-order valence-corrected chi connectivity index (χ3v) is 5.63. The van der Waals surface area contributed by atoms with Crippen LogP contribution in [0.5, 0.6) is 11.5 Å². The molecule has 0 saturated heterocycles. The summed E-state index contributed by atoms with van der Waals surface area (Å²) >= 11 is 0. The Hall–Kier alpha value is -3.27. The average molecular weight is 446 g/mol. The van der Waals surface area contributed by atoms with Crippen LogP contribution in [0.3, 0.4) is 0 Å². The first-order valence-electron chi connectivity index (χ1n) is 11.8. The van der Waals surface area contributed by atoms with Crippen LogP contribution >= 0.6 is 0 Å². The van der Waals surface area contributed by atoms with E-state index in [0.29, 0.717) is 24.7 Å². The molecule has 0 aliphatic carbocycles. The predicted molar refractivity (Wildman–Crippen MR) is 134 cm³/mol. The zero-order chi connectivity index (χ0) is 23.6. The molecule has 174 valence electrons. The van der Waals surface area contributed by atoms with E-state index >= 15 is 0 Å². The number of nitrogens with one attached hydrogen (secondary N) is 1. The van der Waals surface area contributed by atoms with Crippen molar-refractivity contribution in [2.45, 2.75) is 59.1 Å². The summed E-state index contributed by atoms with van der Waals surface area (Å²) < 4.78 is 12.0. The second-order valence-corrected chi connectivity index (χ2v) is 8.64. The highest BCUT2D eigenvalue weighted by atomic mass is 16.5. The van der Waals surface area contributed by atoms with E-state index < -0.39 is 0 Å². The molecule has 4 nitrogen and oxygen atoms in total. The number of amides is 1. The average Bonchev–Trinajstić information content (AvgIpc) is 2.83. The molecule has 0 aliphatic heterocycles. The van der Waals surface area contributed by atoms with Gasteiger partial charge in [-0.05, 0) is 68.0 Å². The first-order valence-corrected chi connectivity index (χ1v) is 11.8. The van der Waals surface area contributed by atoms with Crippen LogP contribution in [0.15, 0.2) is 72.8 Å². The number of rotatable bonds is 11. The van der Waals surface area contributed by atoms with Crippen LogP contribution in [-0.2, 0) is 13.0 Å². The normalized spacial score (nSPS) is 11.8. The van der Waals surface area contributed by atoms with E-state index in [9.17, 15) is 4.79 Å². The molecule has 3 aromatic carbocycles. The van der Waals surface area contributed by atoms with Crippen LogP contribution in [0.25, 0.3) is 0 Å². The van der Waals surface area contributed by atoms with Gasteiger partial charge in [-0.3, -0.25) is 4.79 Å². The lowest BCUT2D eigenvalue weighted by Crippen LogP contribution is -2.33. The molecule has 0 fully saturated rings. The minimum absolute atomic E-state index is 0.0712. The van der Waals surface area contributed by atoms with Gasteiger partial charge in [0.15, 0.2) is 0 Å². The van der Waals surface area contributed by atoms with E-state index in [1.165, 1.54) is 5.56 Å². The van der Waals surface area contributed by atoms with Crippen molar-refractivity contribution in [2.75, 3.05) is 6.61 Å². The standard InChI is InChI=1S/C29H35NO3/c1-5-32-27-18-17-24(29(31)30-22(4)15-16-23-11-7-6-8-12-23)19-25(27)20-33-28-14-10-9-13-26(28)21(2)3/h6-14,17-19,21-22H,5,15-16,20H2,1-4H3,(H,30,31)/t22-/m0/s1. The van der Waals surface area contributed by atoms with Crippen molar-refractivity contribution in [3.8, 4) is 11.5 Å². The van der Waals surface area contributed by atoms with E-state index in [4.69, 9.17) is 9.47 Å². The van der Waals surface area contributed by atoms with Crippen LogP contribution < -0.4 is 14.8 Å². The number of aryl methyl sites for hydroxylation is 1. The van der Waals surface area contributed by atoms with Crippen molar-refractivity contribution in [3.63, 3.8) is 0 Å². The zero-order valence-electron chi connectivity index (χ0n) is 20.1. The molecule has 1 atom stereocenters. The summed E-state index contributed by atoms with van der Waals surface area (Å²) in [5, 5.41) is 3.12. The molecule has 0 heterocycles. The van der Waals surface area contributed by atoms with Gasteiger partial charge in [0, 0.05) is 17.2 Å². The molecular formula is C29H35NO3. The zero-order valence-corrected chi connectivity index (χ0v) is 20.1. The molecule has 0 aliphatic rings. The number of ether oxygens (including phenoxy) is 2. The molecule has 33 heavy (non-hydrogen) atoms. The van der Waals surface area contributed by atoms with Crippen LogP contribution in [0.2, 0.25) is 0 Å². The Morgan fingerprint density at radius 3 is 2.33 bits per heavy atom. The first kappa shape index (κ1) is 24.4. The highest BCUT2D eigenvalue weighted by molar-refractivity contribution is 5.94. The minimum atomic E-state index is -0.0811. The van der Waals surface area contributed by atoms with Crippen molar-refractivity contribution >= 4 is 5.91 Å². The number of hydrogen-bond donors (Lipinski definition) is 1. The van der Waals surface area contributed by atoms with E-state index in [0.717, 1.165) is 35.5 Å². The molecule has 1 amide bonds. The molecule has 4 heteroatoms. The number of carbonyl (C=O) groups is 1. The van der Waals surface area contributed by atoms with Gasteiger partial charge in [-0.25, -0.2) is 0 Å². The highest BCUT2D eigenvalue weighted by Crippen LogP contribution is 2.28. The van der Waals surface area contributed by atoms with Crippen LogP contribution in [0.1, 0.15) is 67.1 Å². The maximum atomic E-state index is 12.9. The number of hydrogen-bond acceptors (Lipinski definition) is 3. The number of carbonyl (C=O) groups excluding carboxylic acids is 1. The summed E-state index contributed by atoms with van der Waals surface area (Å²) in [7, 11) is 0. The van der Waals surface area contributed by atoms with Gasteiger partial charge in [0.2, 0.25) is 0 Å². The quantitative estimate of drug-likeness (QED) is 0.365. The fraction of sp³-hybridized carbons (Fsp3) is 0.345. The molecule has 0 radical (unpaired) electrons. The summed E-state index contributed by atoms with van der Waals surface area (Å²) in [6.07, 6.45) is 1.81. The van der Waals surface area contributed by atoms with E-state index in [1.54, 1.807) is 0 Å². The van der Waals surface area contributed by atoms with Gasteiger partial charge in [0.25, 0.3) is 5.91 Å². The molecular weight excluding hydrogens is 410 g/mol. The lowest BCUT2D eigenvalue weighted by Gasteiger charge is -2.17. The summed E-state index contributed by atoms with van der Waals surface area (Å²) in [5.74, 6) is 1.89. The third-order valence-electron chi connectivity index (χ3n) is 5.63. The van der Waals surface area contributed by atoms with Crippen molar-refractivity contribution in [2.24, 2.45) is 0 Å². The van der Waals surface area contributed by atoms with Crippen LogP contribution in [0.4, 0.5) is 0 Å². The Balaban J connectivity index is 1.68. The van der Waals surface area contributed by atoms with E-state index in [1.807, 2.05) is 68.4 Å². The Labute approximate surface area is 197 Å². The van der Waals surface area contributed by atoms with Gasteiger partial charge in [-0.15, -0.1) is 0 Å². The lowest BCUT2D eigenvalue weighted by atomic mass is 10.0. The molecule has 0 unspecified atom stereocenters. The summed E-state index contributed by atoms with van der Waals surface area (Å²) in [5.41, 5.74) is 3.91. The molecule has 1 N–H and O–H groups in total. The van der Waals surface area contributed by atoms with Crippen LogP contribution in [0, 0.1) is 0 Å². The first-order chi connectivity index (χ1) is 16.0. The Morgan fingerprint density at radius 1 is 0.879 bits per heavy atom. The van der Waals surface area contributed by atoms with Gasteiger partial charge in [-0.2, -0.15) is 0 Å². The second kappa shape index (κ2) is 12.1. The smallest absolute Gasteiger partial charge is 0.251 e.